The van der Waals surface area contributed by atoms with E-state index >= 15 is 0 Å². The van der Waals surface area contributed by atoms with Crippen molar-refractivity contribution in [1.29, 1.82) is 0 Å². The molecule has 22 heavy (non-hydrogen) atoms. The molecule has 1 rings (SSSR count). The summed E-state index contributed by atoms with van der Waals surface area (Å²) in [6, 6.07) is 6.34. The summed E-state index contributed by atoms with van der Waals surface area (Å²) in [6.45, 7) is 11.0. The first kappa shape index (κ1) is 18.7. The van der Waals surface area contributed by atoms with E-state index < -0.39 is 6.10 Å². The largest absolute Gasteiger partial charge is 0.390 e. The van der Waals surface area contributed by atoms with Gasteiger partial charge in [-0.2, -0.15) is 0 Å². The summed E-state index contributed by atoms with van der Waals surface area (Å²) in [5.74, 6) is 0.521. The fourth-order valence-electron chi connectivity index (χ4n) is 2.46. The van der Waals surface area contributed by atoms with Crippen LogP contribution in [0, 0.1) is 12.8 Å². The summed E-state index contributed by atoms with van der Waals surface area (Å²) in [4.78, 5) is 11.0. The lowest BCUT2D eigenvalue weighted by Gasteiger charge is -2.20. The van der Waals surface area contributed by atoms with Crippen LogP contribution in [0.4, 0.5) is 0 Å². The fraction of sp³-hybridized carbons (Fsp3) is 0.611. The zero-order valence-electron chi connectivity index (χ0n) is 14.4. The van der Waals surface area contributed by atoms with E-state index in [1.807, 2.05) is 6.92 Å². The number of rotatable bonds is 8. The Morgan fingerprint density at radius 3 is 2.55 bits per heavy atom. The number of benzene rings is 1. The van der Waals surface area contributed by atoms with Crippen molar-refractivity contribution in [2.24, 2.45) is 5.92 Å². The first-order chi connectivity index (χ1) is 10.3. The van der Waals surface area contributed by atoms with Crippen molar-refractivity contribution in [3.8, 4) is 0 Å². The second-order valence-electron chi connectivity index (χ2n) is 6.55. The van der Waals surface area contributed by atoms with Crippen LogP contribution in [0.25, 0.3) is 0 Å². The van der Waals surface area contributed by atoms with Crippen LogP contribution in [-0.2, 0) is 17.8 Å². The molecule has 0 bridgehead atoms. The molecule has 3 N–H and O–H groups in total. The van der Waals surface area contributed by atoms with Crippen LogP contribution in [0.1, 0.15) is 44.4 Å². The second kappa shape index (κ2) is 8.91. The third-order valence-electron chi connectivity index (χ3n) is 3.73. The molecule has 0 unspecified atom stereocenters. The standard InChI is InChI=1S/C18H30N2O2/c1-12(2)8-16-7-6-13(3)17(9-16)10-19-11-18(22)14(4)20-15(5)21/h6-7,9,12,14,18-19,22H,8,10-11H2,1-5H3,(H,20,21)/t14-,18+/m0/s1. The summed E-state index contributed by atoms with van der Waals surface area (Å²) in [7, 11) is 0. The molecule has 0 radical (unpaired) electrons. The van der Waals surface area contributed by atoms with Gasteiger partial charge in [-0.15, -0.1) is 0 Å². The van der Waals surface area contributed by atoms with Gasteiger partial charge in [-0.1, -0.05) is 32.0 Å². The lowest BCUT2D eigenvalue weighted by Crippen LogP contribution is -2.44. The third kappa shape index (κ3) is 6.58. The Morgan fingerprint density at radius 2 is 1.95 bits per heavy atom. The molecule has 1 amide bonds. The molecule has 0 fully saturated rings. The van der Waals surface area contributed by atoms with E-state index in [4.69, 9.17) is 0 Å². The van der Waals surface area contributed by atoms with Crippen molar-refractivity contribution in [3.63, 3.8) is 0 Å². The first-order valence-corrected chi connectivity index (χ1v) is 8.04. The van der Waals surface area contributed by atoms with Gasteiger partial charge in [0.2, 0.25) is 5.91 Å². The zero-order valence-corrected chi connectivity index (χ0v) is 14.4. The Hall–Kier alpha value is -1.39. The van der Waals surface area contributed by atoms with Crippen molar-refractivity contribution in [2.45, 2.75) is 59.7 Å². The Balaban J connectivity index is 2.51. The molecule has 124 valence electrons. The number of carbonyl (C=O) groups is 1. The molecule has 4 heteroatoms. The summed E-state index contributed by atoms with van der Waals surface area (Å²) in [5.41, 5.74) is 3.87. The highest BCUT2D eigenvalue weighted by Gasteiger charge is 2.14. The maximum absolute atomic E-state index is 11.0. The lowest BCUT2D eigenvalue weighted by atomic mass is 9.98. The van der Waals surface area contributed by atoms with Gasteiger partial charge in [-0.25, -0.2) is 0 Å². The van der Waals surface area contributed by atoms with Gasteiger partial charge in [0.25, 0.3) is 0 Å². The average Bonchev–Trinajstić information content (AvgIpc) is 2.40. The number of amides is 1. The maximum atomic E-state index is 11.0. The van der Waals surface area contributed by atoms with Gasteiger partial charge < -0.3 is 15.7 Å². The molecule has 0 heterocycles. The number of carbonyl (C=O) groups excluding carboxylic acids is 1. The minimum absolute atomic E-state index is 0.121. The fourth-order valence-corrected chi connectivity index (χ4v) is 2.46. The maximum Gasteiger partial charge on any atom is 0.217 e. The van der Waals surface area contributed by atoms with E-state index in [9.17, 15) is 9.90 Å². The quantitative estimate of drug-likeness (QED) is 0.690. The Kier molecular flexibility index (Phi) is 7.56. The van der Waals surface area contributed by atoms with Crippen LogP contribution in [0.5, 0.6) is 0 Å². The monoisotopic (exact) mass is 306 g/mol. The predicted octanol–water partition coefficient (Wildman–Crippen LogP) is 2.17. The number of hydrogen-bond donors (Lipinski definition) is 3. The van der Waals surface area contributed by atoms with Crippen molar-refractivity contribution >= 4 is 5.91 Å². The zero-order chi connectivity index (χ0) is 16.7. The summed E-state index contributed by atoms with van der Waals surface area (Å²) < 4.78 is 0. The minimum Gasteiger partial charge on any atom is -0.390 e. The van der Waals surface area contributed by atoms with Crippen LogP contribution >= 0.6 is 0 Å². The number of aliphatic hydroxyl groups excluding tert-OH is 1. The highest BCUT2D eigenvalue weighted by molar-refractivity contribution is 5.73. The number of nitrogens with one attached hydrogen (secondary N) is 2. The molecule has 4 nitrogen and oxygen atoms in total. The molecule has 0 saturated heterocycles. The van der Waals surface area contributed by atoms with Crippen molar-refractivity contribution < 1.29 is 9.90 Å². The van der Waals surface area contributed by atoms with E-state index in [1.54, 1.807) is 0 Å². The lowest BCUT2D eigenvalue weighted by molar-refractivity contribution is -0.120. The van der Waals surface area contributed by atoms with E-state index in [1.165, 1.54) is 23.6 Å². The Labute approximate surface area is 134 Å². The normalized spacial score (nSPS) is 14.0. The van der Waals surface area contributed by atoms with Gasteiger partial charge >= 0.3 is 0 Å². The molecular formula is C18H30N2O2. The van der Waals surface area contributed by atoms with E-state index in [2.05, 4.69) is 49.6 Å². The van der Waals surface area contributed by atoms with Gasteiger partial charge in [-0.3, -0.25) is 4.79 Å². The Bertz CT molecular complexity index is 486. The van der Waals surface area contributed by atoms with Crippen LogP contribution in [0.3, 0.4) is 0 Å². The van der Waals surface area contributed by atoms with Crippen LogP contribution < -0.4 is 10.6 Å². The van der Waals surface area contributed by atoms with Crippen molar-refractivity contribution in [3.05, 3.63) is 34.9 Å². The van der Waals surface area contributed by atoms with Crippen molar-refractivity contribution in [2.75, 3.05) is 6.54 Å². The molecule has 0 spiro atoms. The molecular weight excluding hydrogens is 276 g/mol. The van der Waals surface area contributed by atoms with Crippen LogP contribution in [-0.4, -0.2) is 29.7 Å². The number of aryl methyl sites for hydroxylation is 1. The van der Waals surface area contributed by atoms with E-state index in [-0.39, 0.29) is 11.9 Å². The summed E-state index contributed by atoms with van der Waals surface area (Å²) in [5, 5.41) is 16.0. The van der Waals surface area contributed by atoms with Gasteiger partial charge in [0.05, 0.1) is 12.1 Å². The molecule has 0 aliphatic heterocycles. The predicted molar refractivity (Wildman–Crippen MR) is 90.7 cm³/mol. The first-order valence-electron chi connectivity index (χ1n) is 8.04. The third-order valence-corrected chi connectivity index (χ3v) is 3.73. The van der Waals surface area contributed by atoms with Gasteiger partial charge in [-0.05, 0) is 42.9 Å². The summed E-state index contributed by atoms with van der Waals surface area (Å²) >= 11 is 0. The minimum atomic E-state index is -0.594. The molecule has 0 aromatic heterocycles. The van der Waals surface area contributed by atoms with Gasteiger partial charge in [0.1, 0.15) is 0 Å². The van der Waals surface area contributed by atoms with Crippen LogP contribution in [0.15, 0.2) is 18.2 Å². The molecule has 2 atom stereocenters. The number of aliphatic hydroxyl groups is 1. The van der Waals surface area contributed by atoms with Gasteiger partial charge in [0, 0.05) is 20.0 Å². The molecule has 0 aliphatic carbocycles. The van der Waals surface area contributed by atoms with Crippen molar-refractivity contribution in [1.82, 2.24) is 10.6 Å². The highest BCUT2D eigenvalue weighted by atomic mass is 16.3. The molecule has 1 aromatic rings. The van der Waals surface area contributed by atoms with Crippen LogP contribution in [0.2, 0.25) is 0 Å². The number of hydrogen-bond acceptors (Lipinski definition) is 3. The Morgan fingerprint density at radius 1 is 1.27 bits per heavy atom. The highest BCUT2D eigenvalue weighted by Crippen LogP contribution is 2.14. The molecule has 0 aliphatic rings. The SMILES string of the molecule is CC(=O)N[C@@H](C)[C@H](O)CNCc1cc(CC(C)C)ccc1C. The molecule has 0 saturated carbocycles. The second-order valence-corrected chi connectivity index (χ2v) is 6.55. The van der Waals surface area contributed by atoms with E-state index in [0.29, 0.717) is 12.5 Å². The summed E-state index contributed by atoms with van der Waals surface area (Å²) in [6.07, 6.45) is 0.484. The smallest absolute Gasteiger partial charge is 0.217 e. The topological polar surface area (TPSA) is 61.4 Å². The average molecular weight is 306 g/mol. The van der Waals surface area contributed by atoms with E-state index in [0.717, 1.165) is 13.0 Å². The molecule has 1 aromatic carbocycles. The van der Waals surface area contributed by atoms with Gasteiger partial charge in [0.15, 0.2) is 0 Å².